The fourth-order valence-corrected chi connectivity index (χ4v) is 5.44. The highest BCUT2D eigenvalue weighted by Crippen LogP contribution is 2.43. The zero-order valence-electron chi connectivity index (χ0n) is 17.8. The zero-order chi connectivity index (χ0) is 21.2. The van der Waals surface area contributed by atoms with Crippen LogP contribution in [0, 0.1) is 0 Å². The van der Waals surface area contributed by atoms with Crippen LogP contribution in [0.4, 0.5) is 0 Å². The predicted molar refractivity (Wildman–Crippen MR) is 126 cm³/mol. The Morgan fingerprint density at radius 1 is 1.00 bits per heavy atom. The number of hydrogen-bond donors (Lipinski definition) is 1. The Morgan fingerprint density at radius 3 is 2.52 bits per heavy atom. The Kier molecular flexibility index (Phi) is 5.64. The van der Waals surface area contributed by atoms with Crippen molar-refractivity contribution in [2.24, 2.45) is 0 Å². The van der Waals surface area contributed by atoms with Gasteiger partial charge in [0.1, 0.15) is 5.75 Å². The van der Waals surface area contributed by atoms with E-state index in [0.717, 1.165) is 22.2 Å². The molecule has 31 heavy (non-hydrogen) atoms. The van der Waals surface area contributed by atoms with Gasteiger partial charge in [-0.1, -0.05) is 25.3 Å². The highest BCUT2D eigenvalue weighted by molar-refractivity contribution is 7.80. The highest BCUT2D eigenvalue weighted by Gasteiger charge is 2.44. The Labute approximate surface area is 189 Å². The van der Waals surface area contributed by atoms with Crippen LogP contribution in [0.3, 0.4) is 0 Å². The van der Waals surface area contributed by atoms with Crippen LogP contribution >= 0.6 is 12.2 Å². The number of methoxy groups -OCH3 is 1. The summed E-state index contributed by atoms with van der Waals surface area (Å²) < 4.78 is 7.62. The summed E-state index contributed by atoms with van der Waals surface area (Å²) in [6.07, 6.45) is 10.2. The number of aromatic nitrogens is 2. The fraction of sp³-hybridized carbons (Fsp3) is 0.360. The first-order valence-electron chi connectivity index (χ1n) is 11.1. The summed E-state index contributed by atoms with van der Waals surface area (Å²) in [5.74, 6) is 0.858. The molecule has 1 aliphatic carbocycles. The van der Waals surface area contributed by atoms with Crippen LogP contribution in [-0.2, 0) is 0 Å². The van der Waals surface area contributed by atoms with E-state index >= 15 is 0 Å². The predicted octanol–water partition coefficient (Wildman–Crippen LogP) is 5.19. The minimum atomic E-state index is 0.0162. The van der Waals surface area contributed by atoms with E-state index in [1.54, 1.807) is 7.11 Å². The molecule has 6 heteroatoms. The molecular weight excluding hydrogens is 404 g/mol. The third kappa shape index (κ3) is 3.81. The normalized spacial score (nSPS) is 21.8. The van der Waals surface area contributed by atoms with E-state index < -0.39 is 0 Å². The second kappa shape index (κ2) is 8.71. The lowest BCUT2D eigenvalue weighted by Gasteiger charge is -2.37. The van der Waals surface area contributed by atoms with Crippen molar-refractivity contribution in [1.29, 1.82) is 0 Å². The highest BCUT2D eigenvalue weighted by atomic mass is 32.1. The molecule has 5 nitrogen and oxygen atoms in total. The van der Waals surface area contributed by atoms with Gasteiger partial charge in [-0.2, -0.15) is 0 Å². The quantitative estimate of drug-likeness (QED) is 0.562. The number of thiocarbonyl (C=S) groups is 1. The van der Waals surface area contributed by atoms with Crippen LogP contribution in [0.2, 0.25) is 0 Å². The molecule has 0 radical (unpaired) electrons. The second-order valence-electron chi connectivity index (χ2n) is 8.33. The molecular formula is C25H28N4OS. The largest absolute Gasteiger partial charge is 0.497 e. The number of nitrogens with one attached hydrogen (secondary N) is 1. The van der Waals surface area contributed by atoms with Gasteiger partial charge < -0.3 is 19.5 Å². The molecule has 1 N–H and O–H groups in total. The van der Waals surface area contributed by atoms with Crippen LogP contribution in [-0.4, -0.2) is 32.7 Å². The van der Waals surface area contributed by atoms with E-state index in [1.807, 2.05) is 24.4 Å². The minimum Gasteiger partial charge on any atom is -0.497 e. The van der Waals surface area contributed by atoms with Gasteiger partial charge in [0.2, 0.25) is 0 Å². The van der Waals surface area contributed by atoms with Gasteiger partial charge in [0.25, 0.3) is 0 Å². The maximum Gasteiger partial charge on any atom is 0.170 e. The summed E-state index contributed by atoms with van der Waals surface area (Å²) in [5.41, 5.74) is 3.36. The lowest BCUT2D eigenvalue weighted by molar-refractivity contribution is 0.193. The van der Waals surface area contributed by atoms with Crippen molar-refractivity contribution in [3.63, 3.8) is 0 Å². The number of ether oxygens (including phenoxy) is 1. The van der Waals surface area contributed by atoms with Gasteiger partial charge in [-0.3, -0.25) is 4.98 Å². The minimum absolute atomic E-state index is 0.0162. The average molecular weight is 433 g/mol. The van der Waals surface area contributed by atoms with Crippen molar-refractivity contribution < 1.29 is 4.74 Å². The SMILES string of the molecule is COc1ccc(-n2cccc2C2C(c3ccccn3)NC(=S)N2C2CCCCC2)cc1. The lowest BCUT2D eigenvalue weighted by Crippen LogP contribution is -2.40. The van der Waals surface area contributed by atoms with E-state index in [1.165, 1.54) is 37.8 Å². The maximum absolute atomic E-state index is 5.90. The van der Waals surface area contributed by atoms with E-state index in [2.05, 4.69) is 62.4 Å². The van der Waals surface area contributed by atoms with Crippen LogP contribution in [0.1, 0.15) is 55.6 Å². The molecule has 2 aliphatic rings. The summed E-state index contributed by atoms with van der Waals surface area (Å²) in [6, 6.07) is 19.2. The lowest BCUT2D eigenvalue weighted by atomic mass is 9.92. The average Bonchev–Trinajstić information content (AvgIpc) is 3.44. The monoisotopic (exact) mass is 432 g/mol. The molecule has 0 bridgehead atoms. The molecule has 1 aromatic carbocycles. The Morgan fingerprint density at radius 2 is 1.81 bits per heavy atom. The number of pyridine rings is 1. The molecule has 0 spiro atoms. The van der Waals surface area contributed by atoms with Gasteiger partial charge in [-0.15, -0.1) is 0 Å². The number of hydrogen-bond acceptors (Lipinski definition) is 3. The standard InChI is InChI=1S/C25H28N4OS/c1-30-20-14-12-18(13-15-20)28-17-7-11-22(28)24-23(21-10-5-6-16-26-21)27-25(31)29(24)19-8-3-2-4-9-19/h5-7,10-17,19,23-24H,2-4,8-9H2,1H3,(H,27,31). The zero-order valence-corrected chi connectivity index (χ0v) is 18.6. The number of rotatable bonds is 5. The summed E-state index contributed by atoms with van der Waals surface area (Å²) in [4.78, 5) is 7.15. The molecule has 2 fully saturated rings. The van der Waals surface area contributed by atoms with Crippen molar-refractivity contribution >= 4 is 17.3 Å². The van der Waals surface area contributed by atoms with E-state index in [9.17, 15) is 0 Å². The Hall–Kier alpha value is -2.86. The Bertz CT molecular complexity index is 1030. The first-order chi connectivity index (χ1) is 15.3. The maximum atomic E-state index is 5.90. The summed E-state index contributed by atoms with van der Waals surface area (Å²) in [6.45, 7) is 0. The van der Waals surface area contributed by atoms with Gasteiger partial charge in [0, 0.05) is 29.8 Å². The van der Waals surface area contributed by atoms with Crippen LogP contribution < -0.4 is 10.1 Å². The summed E-state index contributed by atoms with van der Waals surface area (Å²) in [7, 11) is 1.70. The topological polar surface area (TPSA) is 42.3 Å². The molecule has 2 atom stereocenters. The molecule has 3 aromatic rings. The van der Waals surface area contributed by atoms with Crippen molar-refractivity contribution in [1.82, 2.24) is 19.8 Å². The second-order valence-corrected chi connectivity index (χ2v) is 8.71. The van der Waals surface area contributed by atoms with Gasteiger partial charge in [-0.25, -0.2) is 0 Å². The van der Waals surface area contributed by atoms with Gasteiger partial charge in [-0.05, 0) is 73.6 Å². The molecule has 160 valence electrons. The van der Waals surface area contributed by atoms with E-state index in [0.29, 0.717) is 6.04 Å². The van der Waals surface area contributed by atoms with Crippen LogP contribution in [0.25, 0.3) is 5.69 Å². The summed E-state index contributed by atoms with van der Waals surface area (Å²) in [5, 5.41) is 4.46. The third-order valence-electron chi connectivity index (χ3n) is 6.54. The smallest absolute Gasteiger partial charge is 0.170 e. The van der Waals surface area contributed by atoms with E-state index in [4.69, 9.17) is 17.0 Å². The third-order valence-corrected chi connectivity index (χ3v) is 6.87. The van der Waals surface area contributed by atoms with E-state index in [-0.39, 0.29) is 12.1 Å². The van der Waals surface area contributed by atoms with Crippen molar-refractivity contribution in [2.75, 3.05) is 7.11 Å². The first-order valence-corrected chi connectivity index (χ1v) is 11.5. The molecule has 2 unspecified atom stereocenters. The number of benzene rings is 1. The van der Waals surface area contributed by atoms with Gasteiger partial charge >= 0.3 is 0 Å². The van der Waals surface area contributed by atoms with Crippen LogP contribution in [0.5, 0.6) is 5.75 Å². The van der Waals surface area contributed by atoms with Gasteiger partial charge in [0.15, 0.2) is 5.11 Å². The first kappa shape index (κ1) is 20.1. The van der Waals surface area contributed by atoms with Crippen LogP contribution in [0.15, 0.2) is 67.0 Å². The molecule has 1 aliphatic heterocycles. The summed E-state index contributed by atoms with van der Waals surface area (Å²) >= 11 is 5.90. The molecule has 3 heterocycles. The molecule has 1 saturated carbocycles. The Balaban J connectivity index is 1.58. The molecule has 1 saturated heterocycles. The van der Waals surface area contributed by atoms with Crippen molar-refractivity contribution in [3.05, 3.63) is 78.4 Å². The number of nitrogens with zero attached hydrogens (tertiary/aromatic N) is 3. The van der Waals surface area contributed by atoms with Gasteiger partial charge in [0.05, 0.1) is 24.9 Å². The molecule has 5 rings (SSSR count). The van der Waals surface area contributed by atoms with Crippen molar-refractivity contribution in [3.8, 4) is 11.4 Å². The molecule has 0 amide bonds. The molecule has 2 aromatic heterocycles. The fourth-order valence-electron chi connectivity index (χ4n) is 5.05. The van der Waals surface area contributed by atoms with Crippen molar-refractivity contribution in [2.45, 2.75) is 50.2 Å².